The molecule has 0 atom stereocenters. The zero-order chi connectivity index (χ0) is 11.5. The van der Waals surface area contributed by atoms with Gasteiger partial charge < -0.3 is 10.3 Å². The summed E-state index contributed by atoms with van der Waals surface area (Å²) in [5.74, 6) is 0. The summed E-state index contributed by atoms with van der Waals surface area (Å²) in [5, 5.41) is 4.46. The van der Waals surface area contributed by atoms with Gasteiger partial charge in [0.25, 0.3) is 0 Å². The van der Waals surface area contributed by atoms with Gasteiger partial charge in [0.1, 0.15) is 5.65 Å². The summed E-state index contributed by atoms with van der Waals surface area (Å²) in [4.78, 5) is 11.5. The van der Waals surface area contributed by atoms with E-state index in [9.17, 15) is 0 Å². The van der Waals surface area contributed by atoms with Gasteiger partial charge in [-0.3, -0.25) is 4.98 Å². The Morgan fingerprint density at radius 1 is 1.12 bits per heavy atom. The molecule has 4 nitrogen and oxygen atoms in total. The molecule has 0 aliphatic rings. The molecule has 0 fully saturated rings. The molecule has 3 rings (SSSR count). The molecule has 17 heavy (non-hydrogen) atoms. The van der Waals surface area contributed by atoms with Crippen LogP contribution >= 0.6 is 0 Å². The van der Waals surface area contributed by atoms with Gasteiger partial charge in [-0.1, -0.05) is 0 Å². The molecule has 84 valence electrons. The molecule has 0 unspecified atom stereocenters. The van der Waals surface area contributed by atoms with Gasteiger partial charge in [-0.15, -0.1) is 0 Å². The minimum Gasteiger partial charge on any atom is -0.379 e. The minimum absolute atomic E-state index is 0.750. The predicted octanol–water partition coefficient (Wildman–Crippen LogP) is 2.57. The fourth-order valence-electron chi connectivity index (χ4n) is 1.78. The van der Waals surface area contributed by atoms with Crippen LogP contribution in [0.2, 0.25) is 0 Å². The van der Waals surface area contributed by atoms with E-state index < -0.39 is 0 Å². The van der Waals surface area contributed by atoms with Crippen molar-refractivity contribution in [3.05, 3.63) is 54.6 Å². The lowest BCUT2D eigenvalue weighted by atomic mass is 10.3. The first kappa shape index (κ1) is 9.84. The Morgan fingerprint density at radius 2 is 2.00 bits per heavy atom. The van der Waals surface area contributed by atoms with E-state index in [1.807, 2.05) is 18.2 Å². The van der Waals surface area contributed by atoms with Crippen LogP contribution < -0.4 is 5.32 Å². The maximum atomic E-state index is 4.26. The van der Waals surface area contributed by atoms with Gasteiger partial charge in [0, 0.05) is 35.4 Å². The summed E-state index contributed by atoms with van der Waals surface area (Å²) in [5.41, 5.74) is 3.11. The van der Waals surface area contributed by atoms with Gasteiger partial charge in [0.15, 0.2) is 0 Å². The Morgan fingerprint density at radius 3 is 2.82 bits per heavy atom. The van der Waals surface area contributed by atoms with Crippen LogP contribution in [-0.4, -0.2) is 15.0 Å². The highest BCUT2D eigenvalue weighted by Crippen LogP contribution is 2.13. The molecule has 0 aliphatic heterocycles. The van der Waals surface area contributed by atoms with Gasteiger partial charge in [-0.2, -0.15) is 0 Å². The zero-order valence-electron chi connectivity index (χ0n) is 9.22. The molecule has 3 aromatic heterocycles. The van der Waals surface area contributed by atoms with Crippen molar-refractivity contribution in [3.63, 3.8) is 0 Å². The van der Waals surface area contributed by atoms with Crippen molar-refractivity contribution in [2.24, 2.45) is 0 Å². The van der Waals surface area contributed by atoms with Gasteiger partial charge in [-0.25, -0.2) is 4.98 Å². The molecule has 0 bridgehead atoms. The third kappa shape index (κ3) is 2.10. The topological polar surface area (TPSA) is 53.6 Å². The van der Waals surface area contributed by atoms with E-state index in [0.717, 1.165) is 29.0 Å². The van der Waals surface area contributed by atoms with Gasteiger partial charge in [-0.05, 0) is 30.3 Å². The van der Waals surface area contributed by atoms with Crippen molar-refractivity contribution >= 4 is 16.7 Å². The SMILES string of the molecule is c1cnc2[nH]c(CNc3ccncc3)cc2c1. The second-order valence-corrected chi connectivity index (χ2v) is 3.83. The quantitative estimate of drug-likeness (QED) is 0.719. The Bertz CT molecular complexity index is 582. The van der Waals surface area contributed by atoms with Crippen molar-refractivity contribution in [3.8, 4) is 0 Å². The standard InChI is InChI=1S/C13H12N4/c1-2-10-8-12(17-13(10)15-5-1)9-16-11-3-6-14-7-4-11/h1-8H,9H2,(H,14,16)(H,15,17). The highest BCUT2D eigenvalue weighted by molar-refractivity contribution is 5.76. The van der Waals surface area contributed by atoms with Crippen molar-refractivity contribution in [1.29, 1.82) is 0 Å². The number of nitrogens with zero attached hydrogens (tertiary/aromatic N) is 2. The summed E-state index contributed by atoms with van der Waals surface area (Å²) in [6.45, 7) is 0.750. The Hall–Kier alpha value is -2.36. The average molecular weight is 224 g/mol. The third-order valence-corrected chi connectivity index (χ3v) is 2.61. The molecule has 0 aliphatic carbocycles. The van der Waals surface area contributed by atoms with Crippen LogP contribution in [0.4, 0.5) is 5.69 Å². The molecule has 3 heterocycles. The molecule has 0 aromatic carbocycles. The summed E-state index contributed by atoms with van der Waals surface area (Å²) in [6, 6.07) is 9.99. The Labute approximate surface area is 98.7 Å². The van der Waals surface area contributed by atoms with E-state index in [4.69, 9.17) is 0 Å². The monoisotopic (exact) mass is 224 g/mol. The number of rotatable bonds is 3. The number of anilines is 1. The van der Waals surface area contributed by atoms with Crippen LogP contribution in [0.25, 0.3) is 11.0 Å². The molecule has 0 spiro atoms. The van der Waals surface area contributed by atoms with Crippen molar-refractivity contribution in [2.45, 2.75) is 6.54 Å². The van der Waals surface area contributed by atoms with Crippen LogP contribution in [0.15, 0.2) is 48.9 Å². The molecule has 4 heteroatoms. The summed E-state index contributed by atoms with van der Waals surface area (Å²) < 4.78 is 0. The number of hydrogen-bond donors (Lipinski definition) is 2. The normalized spacial score (nSPS) is 10.6. The first-order valence-electron chi connectivity index (χ1n) is 5.48. The predicted molar refractivity (Wildman–Crippen MR) is 67.7 cm³/mol. The van der Waals surface area contributed by atoms with Crippen LogP contribution in [0.5, 0.6) is 0 Å². The van der Waals surface area contributed by atoms with E-state index in [2.05, 4.69) is 32.4 Å². The highest BCUT2D eigenvalue weighted by Gasteiger charge is 2.00. The lowest BCUT2D eigenvalue weighted by molar-refractivity contribution is 1.07. The lowest BCUT2D eigenvalue weighted by Crippen LogP contribution is -1.99. The van der Waals surface area contributed by atoms with Crippen LogP contribution in [0.1, 0.15) is 5.69 Å². The minimum atomic E-state index is 0.750. The summed E-state index contributed by atoms with van der Waals surface area (Å²) in [6.07, 6.45) is 5.34. The summed E-state index contributed by atoms with van der Waals surface area (Å²) >= 11 is 0. The number of nitrogens with one attached hydrogen (secondary N) is 2. The number of aromatic nitrogens is 3. The highest BCUT2D eigenvalue weighted by atomic mass is 14.9. The van der Waals surface area contributed by atoms with E-state index in [1.54, 1.807) is 18.6 Å². The van der Waals surface area contributed by atoms with Crippen LogP contribution in [-0.2, 0) is 6.54 Å². The molecule has 2 N–H and O–H groups in total. The second-order valence-electron chi connectivity index (χ2n) is 3.83. The largest absolute Gasteiger partial charge is 0.379 e. The number of hydrogen-bond acceptors (Lipinski definition) is 3. The first-order chi connectivity index (χ1) is 8.42. The lowest BCUT2D eigenvalue weighted by Gasteiger charge is -2.03. The number of pyridine rings is 2. The molecule has 0 saturated heterocycles. The van der Waals surface area contributed by atoms with Crippen molar-refractivity contribution in [2.75, 3.05) is 5.32 Å². The average Bonchev–Trinajstić information content (AvgIpc) is 2.80. The molecule has 0 saturated carbocycles. The number of H-pyrrole nitrogens is 1. The molecule has 0 amide bonds. The van der Waals surface area contributed by atoms with E-state index in [-0.39, 0.29) is 0 Å². The molecule has 3 aromatic rings. The van der Waals surface area contributed by atoms with Crippen molar-refractivity contribution in [1.82, 2.24) is 15.0 Å². The Kier molecular flexibility index (Phi) is 2.46. The fourth-order valence-corrected chi connectivity index (χ4v) is 1.78. The van der Waals surface area contributed by atoms with E-state index >= 15 is 0 Å². The van der Waals surface area contributed by atoms with Crippen molar-refractivity contribution < 1.29 is 0 Å². The number of fused-ring (bicyclic) bond motifs is 1. The number of aromatic amines is 1. The van der Waals surface area contributed by atoms with Gasteiger partial charge in [0.2, 0.25) is 0 Å². The maximum absolute atomic E-state index is 4.26. The van der Waals surface area contributed by atoms with Gasteiger partial charge >= 0.3 is 0 Å². The van der Waals surface area contributed by atoms with Crippen LogP contribution in [0, 0.1) is 0 Å². The smallest absolute Gasteiger partial charge is 0.137 e. The first-order valence-corrected chi connectivity index (χ1v) is 5.48. The third-order valence-electron chi connectivity index (χ3n) is 2.61. The Balaban J connectivity index is 1.77. The maximum Gasteiger partial charge on any atom is 0.137 e. The summed E-state index contributed by atoms with van der Waals surface area (Å²) in [7, 11) is 0. The second kappa shape index (κ2) is 4.25. The molecular formula is C13H12N4. The zero-order valence-corrected chi connectivity index (χ0v) is 9.22. The van der Waals surface area contributed by atoms with E-state index in [0.29, 0.717) is 0 Å². The molecule has 0 radical (unpaired) electrons. The fraction of sp³-hybridized carbons (Fsp3) is 0.0769. The van der Waals surface area contributed by atoms with Crippen LogP contribution in [0.3, 0.4) is 0 Å². The molecular weight excluding hydrogens is 212 g/mol. The van der Waals surface area contributed by atoms with Gasteiger partial charge in [0.05, 0.1) is 6.54 Å². The van der Waals surface area contributed by atoms with E-state index in [1.165, 1.54) is 0 Å².